The zero-order valence-electron chi connectivity index (χ0n) is 8.11. The number of nitrogens with one attached hydrogen (secondary N) is 1. The van der Waals surface area contributed by atoms with Gasteiger partial charge in [-0.15, -0.1) is 4.68 Å². The molecule has 0 bridgehead atoms. The largest absolute Gasteiger partial charge is 0.349 e. The number of carbonyl (C=O) groups excluding carboxylic acids is 1. The summed E-state index contributed by atoms with van der Waals surface area (Å²) in [5, 5.41) is 0. The van der Waals surface area contributed by atoms with E-state index in [0.29, 0.717) is 0 Å². The zero-order chi connectivity index (χ0) is 10.1. The summed E-state index contributed by atoms with van der Waals surface area (Å²) in [4.78, 5) is 10.5. The van der Waals surface area contributed by atoms with Gasteiger partial charge in [0.05, 0.1) is 0 Å². The fourth-order valence-corrected chi connectivity index (χ4v) is 0.945. The summed E-state index contributed by atoms with van der Waals surface area (Å²) < 4.78 is 3.50. The van der Waals surface area contributed by atoms with Crippen LogP contribution in [0, 0.1) is 0 Å². The van der Waals surface area contributed by atoms with E-state index in [-0.39, 0.29) is 5.54 Å². The van der Waals surface area contributed by atoms with Crippen LogP contribution in [0.1, 0.15) is 20.8 Å². The average Bonchev–Trinajstić information content (AvgIpc) is 2.32. The third-order valence-corrected chi connectivity index (χ3v) is 1.65. The van der Waals surface area contributed by atoms with Gasteiger partial charge in [-0.3, -0.25) is 0 Å². The van der Waals surface area contributed by atoms with E-state index in [9.17, 15) is 4.79 Å². The molecular formula is C8H15N4O+. The second kappa shape index (κ2) is 3.08. The maximum atomic E-state index is 10.5. The Balaban J connectivity index is 2.81. The summed E-state index contributed by atoms with van der Waals surface area (Å²) in [6.07, 6.45) is 5.37. The predicted molar refractivity (Wildman–Crippen MR) is 48.6 cm³/mol. The van der Waals surface area contributed by atoms with Gasteiger partial charge < -0.3 is 5.73 Å². The number of carbonyl (C=O) groups is 1. The third-order valence-electron chi connectivity index (χ3n) is 1.65. The highest BCUT2D eigenvalue weighted by Gasteiger charge is 2.19. The number of primary amides is 1. The van der Waals surface area contributed by atoms with Crippen molar-refractivity contribution in [2.75, 3.05) is 5.43 Å². The molecule has 1 aromatic heterocycles. The predicted octanol–water partition coefficient (Wildman–Crippen LogP) is 0.153. The van der Waals surface area contributed by atoms with Gasteiger partial charge in [-0.25, -0.2) is 9.36 Å². The summed E-state index contributed by atoms with van der Waals surface area (Å²) in [6, 6.07) is -0.573. The van der Waals surface area contributed by atoms with E-state index in [1.165, 1.54) is 4.68 Å². The van der Waals surface area contributed by atoms with Crippen molar-refractivity contribution in [1.82, 2.24) is 4.68 Å². The summed E-state index contributed by atoms with van der Waals surface area (Å²) in [6.45, 7) is 6.21. The van der Waals surface area contributed by atoms with Crippen molar-refractivity contribution in [1.29, 1.82) is 0 Å². The second-order valence-corrected chi connectivity index (χ2v) is 3.88. The first-order chi connectivity index (χ1) is 5.89. The van der Waals surface area contributed by atoms with E-state index in [2.05, 4.69) is 26.2 Å². The molecule has 0 fully saturated rings. The highest BCUT2D eigenvalue weighted by Crippen LogP contribution is 2.01. The van der Waals surface area contributed by atoms with Gasteiger partial charge in [-0.05, 0) is 20.8 Å². The molecule has 0 aliphatic carbocycles. The number of imidazole rings is 1. The molecule has 0 spiro atoms. The molecule has 0 aromatic carbocycles. The first kappa shape index (κ1) is 9.57. The monoisotopic (exact) mass is 183 g/mol. The number of aromatic nitrogens is 2. The van der Waals surface area contributed by atoms with Crippen LogP contribution in [0.2, 0.25) is 0 Å². The van der Waals surface area contributed by atoms with Crippen molar-refractivity contribution >= 4 is 6.03 Å². The van der Waals surface area contributed by atoms with E-state index in [1.54, 1.807) is 12.5 Å². The number of nitrogens with zero attached hydrogens (tertiary/aromatic N) is 2. The van der Waals surface area contributed by atoms with Crippen LogP contribution in [-0.2, 0) is 5.54 Å². The molecule has 5 heteroatoms. The van der Waals surface area contributed by atoms with E-state index < -0.39 is 6.03 Å². The molecule has 0 saturated heterocycles. The molecule has 0 radical (unpaired) electrons. The van der Waals surface area contributed by atoms with Gasteiger partial charge in [-0.1, -0.05) is 0 Å². The number of hydrogen-bond acceptors (Lipinski definition) is 1. The Labute approximate surface area is 77.1 Å². The number of rotatable bonds is 1. The van der Waals surface area contributed by atoms with E-state index in [4.69, 9.17) is 5.73 Å². The SMILES string of the molecule is CC(C)(C)[n+]1ccn(NC(N)=O)c1. The summed E-state index contributed by atoms with van der Waals surface area (Å²) in [5.74, 6) is 0. The minimum atomic E-state index is -0.573. The van der Waals surface area contributed by atoms with Crippen molar-refractivity contribution in [2.24, 2.45) is 5.73 Å². The molecule has 1 rings (SSSR count). The number of amides is 2. The minimum absolute atomic E-state index is 0.00454. The molecule has 0 saturated carbocycles. The van der Waals surface area contributed by atoms with Gasteiger partial charge >= 0.3 is 6.03 Å². The smallest absolute Gasteiger partial charge is 0.348 e. The Morgan fingerprint density at radius 2 is 2.15 bits per heavy atom. The van der Waals surface area contributed by atoms with Crippen LogP contribution < -0.4 is 15.7 Å². The van der Waals surface area contributed by atoms with Crippen molar-refractivity contribution in [3.63, 3.8) is 0 Å². The topological polar surface area (TPSA) is 63.9 Å². The molecule has 0 unspecified atom stereocenters. The molecule has 0 atom stereocenters. The highest BCUT2D eigenvalue weighted by molar-refractivity contribution is 5.79. The lowest BCUT2D eigenvalue weighted by molar-refractivity contribution is -0.753. The lowest BCUT2D eigenvalue weighted by Crippen LogP contribution is -2.48. The average molecular weight is 183 g/mol. The van der Waals surface area contributed by atoms with Crippen LogP contribution in [0.5, 0.6) is 0 Å². The van der Waals surface area contributed by atoms with Crippen molar-refractivity contribution in [3.8, 4) is 0 Å². The quantitative estimate of drug-likeness (QED) is 0.598. The Morgan fingerprint density at radius 3 is 2.54 bits per heavy atom. The van der Waals surface area contributed by atoms with Crippen LogP contribution >= 0.6 is 0 Å². The Kier molecular flexibility index (Phi) is 2.27. The van der Waals surface area contributed by atoms with Crippen LogP contribution in [0.25, 0.3) is 0 Å². The maximum Gasteiger partial charge on any atom is 0.348 e. The molecule has 1 heterocycles. The molecule has 5 nitrogen and oxygen atoms in total. The van der Waals surface area contributed by atoms with Gasteiger partial charge in [-0.2, -0.15) is 5.43 Å². The molecule has 13 heavy (non-hydrogen) atoms. The number of hydrogen-bond donors (Lipinski definition) is 2. The molecular weight excluding hydrogens is 168 g/mol. The lowest BCUT2D eigenvalue weighted by Gasteiger charge is -2.13. The number of urea groups is 1. The van der Waals surface area contributed by atoms with Crippen LogP contribution in [0.3, 0.4) is 0 Å². The van der Waals surface area contributed by atoms with Crippen molar-refractivity contribution in [2.45, 2.75) is 26.3 Å². The standard InChI is InChI=1S/C8H14N4O/c1-8(2,3)11-4-5-12(6-11)10-7(9)13/h4-6H,1-3H3,(H2-,9,10,13)/p+1. The summed E-state index contributed by atoms with van der Waals surface area (Å²) >= 11 is 0. The van der Waals surface area contributed by atoms with Gasteiger partial charge in [0.25, 0.3) is 6.33 Å². The fraction of sp³-hybridized carbons (Fsp3) is 0.500. The highest BCUT2D eigenvalue weighted by atomic mass is 16.2. The molecule has 0 aliphatic heterocycles. The van der Waals surface area contributed by atoms with Crippen LogP contribution in [0.4, 0.5) is 4.79 Å². The van der Waals surface area contributed by atoms with Gasteiger partial charge in [0.2, 0.25) is 0 Å². The van der Waals surface area contributed by atoms with E-state index in [0.717, 1.165) is 0 Å². The van der Waals surface area contributed by atoms with Gasteiger partial charge in [0, 0.05) is 0 Å². The molecule has 1 aromatic rings. The van der Waals surface area contributed by atoms with E-state index in [1.807, 2.05) is 10.8 Å². The van der Waals surface area contributed by atoms with Crippen molar-refractivity contribution in [3.05, 3.63) is 18.7 Å². The van der Waals surface area contributed by atoms with Crippen LogP contribution in [-0.4, -0.2) is 10.7 Å². The normalized spacial score (nSPS) is 11.3. The lowest BCUT2D eigenvalue weighted by atomic mass is 10.1. The van der Waals surface area contributed by atoms with Crippen molar-refractivity contribution < 1.29 is 9.36 Å². The first-order valence-electron chi connectivity index (χ1n) is 4.06. The Bertz CT molecular complexity index is 310. The van der Waals surface area contributed by atoms with E-state index >= 15 is 0 Å². The third kappa shape index (κ3) is 2.47. The summed E-state index contributed by atoms with van der Waals surface area (Å²) in [5.41, 5.74) is 7.40. The number of nitrogens with two attached hydrogens (primary N) is 1. The molecule has 0 aliphatic rings. The Hall–Kier alpha value is -1.52. The minimum Gasteiger partial charge on any atom is -0.349 e. The molecule has 2 amide bonds. The van der Waals surface area contributed by atoms with Gasteiger partial charge in [0.1, 0.15) is 11.7 Å². The maximum absolute atomic E-state index is 10.5. The first-order valence-corrected chi connectivity index (χ1v) is 4.06. The molecule has 72 valence electrons. The molecule has 3 N–H and O–H groups in total. The second-order valence-electron chi connectivity index (χ2n) is 3.88. The van der Waals surface area contributed by atoms with Gasteiger partial charge in [0.15, 0.2) is 6.20 Å². The summed E-state index contributed by atoms with van der Waals surface area (Å²) in [7, 11) is 0. The van der Waals surface area contributed by atoms with Crippen LogP contribution in [0.15, 0.2) is 18.7 Å². The Morgan fingerprint density at radius 1 is 1.54 bits per heavy atom. The fourth-order valence-electron chi connectivity index (χ4n) is 0.945. The zero-order valence-corrected chi connectivity index (χ0v) is 8.11.